The van der Waals surface area contributed by atoms with Crippen LogP contribution in [0.25, 0.3) is 11.1 Å². The molecule has 11 nitrogen and oxygen atoms in total. The molecule has 0 saturated carbocycles. The summed E-state index contributed by atoms with van der Waals surface area (Å²) in [5.74, 6) is 0.0202. The Kier molecular flexibility index (Phi) is 8.44. The smallest absolute Gasteiger partial charge is 0.274 e. The average Bonchev–Trinajstić information content (AvgIpc) is 3.00. The predicted octanol–water partition coefficient (Wildman–Crippen LogP) is 3.87. The molecule has 0 spiro atoms. The maximum atomic E-state index is 13.1. The highest BCUT2D eigenvalue weighted by Crippen LogP contribution is 2.30. The van der Waals surface area contributed by atoms with Gasteiger partial charge in [0.2, 0.25) is 0 Å². The number of carbonyl (C=O) groups excluding carboxylic acids is 2. The van der Waals surface area contributed by atoms with E-state index < -0.39 is 0 Å². The molecule has 0 unspecified atom stereocenters. The Balaban J connectivity index is 1.37. The third kappa shape index (κ3) is 6.36. The molecule has 222 valence electrons. The minimum Gasteiger partial charge on any atom is -0.398 e. The zero-order valence-electron chi connectivity index (χ0n) is 24.7. The Morgan fingerprint density at radius 1 is 1.02 bits per heavy atom. The number of hydrogen-bond acceptors (Lipinski definition) is 8. The van der Waals surface area contributed by atoms with Gasteiger partial charge in [-0.15, -0.1) is 0 Å². The van der Waals surface area contributed by atoms with Crippen molar-refractivity contribution in [1.82, 2.24) is 14.5 Å². The number of nitrogens with zero attached hydrogens (tertiary/aromatic N) is 4. The standard InChI is InChI=1S/C32H35N7O4/c1-20-24(6-5-7-27(20)36-30(40)25-10-9-23(37(2)3)17-26(25)33)22-16-28(32(42)38(4)19-22)35-29-11-8-21(18-34-29)31(41)39-12-14-43-15-13-39/h5-11,16-19H,12-15,33H2,1-4H3,(H,34,35)(H,36,40). The largest absolute Gasteiger partial charge is 0.398 e. The Morgan fingerprint density at radius 3 is 2.47 bits per heavy atom. The van der Waals surface area contributed by atoms with Gasteiger partial charge in [0.1, 0.15) is 11.5 Å². The Labute approximate surface area is 249 Å². The number of nitrogens with one attached hydrogen (secondary N) is 2. The van der Waals surface area contributed by atoms with Crippen molar-refractivity contribution in [1.29, 1.82) is 0 Å². The number of morpholine rings is 1. The number of aryl methyl sites for hydroxylation is 1. The van der Waals surface area contributed by atoms with Crippen LogP contribution in [-0.4, -0.2) is 66.7 Å². The molecule has 0 radical (unpaired) electrons. The lowest BCUT2D eigenvalue weighted by Crippen LogP contribution is -2.40. The minimum atomic E-state index is -0.313. The molecule has 4 aromatic rings. The van der Waals surface area contributed by atoms with E-state index in [2.05, 4.69) is 15.6 Å². The summed E-state index contributed by atoms with van der Waals surface area (Å²) in [6, 6.07) is 16.0. The number of hydrogen-bond donors (Lipinski definition) is 3. The second-order valence-corrected chi connectivity index (χ2v) is 10.6. The molecule has 4 N–H and O–H groups in total. The molecule has 2 amide bonds. The van der Waals surface area contributed by atoms with Crippen molar-refractivity contribution in [2.75, 3.05) is 61.7 Å². The van der Waals surface area contributed by atoms with Gasteiger partial charge in [0.05, 0.1) is 24.3 Å². The van der Waals surface area contributed by atoms with E-state index >= 15 is 0 Å². The van der Waals surface area contributed by atoms with Crippen LogP contribution >= 0.6 is 0 Å². The number of aromatic nitrogens is 2. The van der Waals surface area contributed by atoms with Crippen LogP contribution in [0, 0.1) is 6.92 Å². The fraction of sp³-hybridized carbons (Fsp3) is 0.250. The Morgan fingerprint density at radius 2 is 1.79 bits per heavy atom. The molecule has 2 aromatic carbocycles. The first-order valence-corrected chi connectivity index (χ1v) is 13.9. The van der Waals surface area contributed by atoms with Crippen LogP contribution in [0.4, 0.5) is 28.6 Å². The van der Waals surface area contributed by atoms with E-state index in [1.165, 1.54) is 10.8 Å². The van der Waals surface area contributed by atoms with Crippen LogP contribution in [0.2, 0.25) is 0 Å². The summed E-state index contributed by atoms with van der Waals surface area (Å²) in [7, 11) is 5.49. The summed E-state index contributed by atoms with van der Waals surface area (Å²) in [6.07, 6.45) is 3.25. The van der Waals surface area contributed by atoms with E-state index in [-0.39, 0.29) is 17.4 Å². The van der Waals surface area contributed by atoms with E-state index in [0.717, 1.165) is 22.4 Å². The van der Waals surface area contributed by atoms with Gasteiger partial charge in [-0.25, -0.2) is 4.98 Å². The first kappa shape index (κ1) is 29.3. The van der Waals surface area contributed by atoms with E-state index in [4.69, 9.17) is 10.5 Å². The summed E-state index contributed by atoms with van der Waals surface area (Å²) in [4.78, 5) is 46.9. The number of carbonyl (C=O) groups is 2. The molecular formula is C32H35N7O4. The van der Waals surface area contributed by atoms with E-state index in [1.54, 1.807) is 48.5 Å². The second kappa shape index (κ2) is 12.4. The van der Waals surface area contributed by atoms with E-state index in [9.17, 15) is 14.4 Å². The molecule has 5 rings (SSSR count). The van der Waals surface area contributed by atoms with Gasteiger partial charge in [-0.05, 0) is 60.5 Å². The van der Waals surface area contributed by atoms with Crippen LogP contribution in [0.1, 0.15) is 26.3 Å². The summed E-state index contributed by atoms with van der Waals surface area (Å²) in [6.45, 7) is 4.04. The topological polar surface area (TPSA) is 135 Å². The van der Waals surface area contributed by atoms with Gasteiger partial charge in [-0.2, -0.15) is 0 Å². The van der Waals surface area contributed by atoms with Crippen molar-refractivity contribution in [3.05, 3.63) is 94.0 Å². The predicted molar refractivity (Wildman–Crippen MR) is 169 cm³/mol. The number of ether oxygens (including phenoxy) is 1. The number of rotatable bonds is 7. The molecule has 2 aromatic heterocycles. The quantitative estimate of drug-likeness (QED) is 0.280. The summed E-state index contributed by atoms with van der Waals surface area (Å²) in [5.41, 5.74) is 11.5. The van der Waals surface area contributed by atoms with Gasteiger partial charge < -0.3 is 35.5 Å². The van der Waals surface area contributed by atoms with Crippen LogP contribution in [0.5, 0.6) is 0 Å². The lowest BCUT2D eigenvalue weighted by Gasteiger charge is -2.26. The molecule has 1 aliphatic heterocycles. The lowest BCUT2D eigenvalue weighted by molar-refractivity contribution is 0.0302. The van der Waals surface area contributed by atoms with Crippen molar-refractivity contribution < 1.29 is 14.3 Å². The molecule has 11 heteroatoms. The molecule has 1 saturated heterocycles. The highest BCUT2D eigenvalue weighted by Gasteiger charge is 2.19. The maximum Gasteiger partial charge on any atom is 0.274 e. The van der Waals surface area contributed by atoms with Crippen molar-refractivity contribution >= 4 is 40.4 Å². The normalized spacial score (nSPS) is 13.0. The average molecular weight is 582 g/mol. The third-order valence-corrected chi connectivity index (χ3v) is 7.44. The maximum absolute atomic E-state index is 13.1. The third-order valence-electron chi connectivity index (χ3n) is 7.44. The van der Waals surface area contributed by atoms with Gasteiger partial charge in [0.15, 0.2) is 0 Å². The molecule has 3 heterocycles. The number of pyridine rings is 2. The van der Waals surface area contributed by atoms with Gasteiger partial charge in [0.25, 0.3) is 17.4 Å². The lowest BCUT2D eigenvalue weighted by atomic mass is 9.99. The van der Waals surface area contributed by atoms with Crippen LogP contribution in [0.3, 0.4) is 0 Å². The Hall–Kier alpha value is -5.16. The van der Waals surface area contributed by atoms with Crippen molar-refractivity contribution in [2.24, 2.45) is 7.05 Å². The van der Waals surface area contributed by atoms with Crippen LogP contribution in [0.15, 0.2) is 71.8 Å². The molecule has 0 atom stereocenters. The molecule has 43 heavy (non-hydrogen) atoms. The summed E-state index contributed by atoms with van der Waals surface area (Å²) >= 11 is 0. The fourth-order valence-corrected chi connectivity index (χ4v) is 4.94. The molecular weight excluding hydrogens is 546 g/mol. The molecule has 0 aliphatic carbocycles. The van der Waals surface area contributed by atoms with Gasteiger partial charge >= 0.3 is 0 Å². The summed E-state index contributed by atoms with van der Waals surface area (Å²) < 4.78 is 6.81. The number of anilines is 5. The van der Waals surface area contributed by atoms with Crippen LogP contribution < -0.4 is 26.8 Å². The van der Waals surface area contributed by atoms with Crippen molar-refractivity contribution in [3.8, 4) is 11.1 Å². The van der Waals surface area contributed by atoms with Crippen LogP contribution in [-0.2, 0) is 11.8 Å². The number of benzene rings is 2. The van der Waals surface area contributed by atoms with Gasteiger partial charge in [0, 0.05) is 69.3 Å². The zero-order chi connectivity index (χ0) is 30.7. The molecule has 1 aliphatic rings. The van der Waals surface area contributed by atoms with Crippen molar-refractivity contribution in [2.45, 2.75) is 6.92 Å². The highest BCUT2D eigenvalue weighted by molar-refractivity contribution is 6.08. The monoisotopic (exact) mass is 581 g/mol. The fourth-order valence-electron chi connectivity index (χ4n) is 4.94. The second-order valence-electron chi connectivity index (χ2n) is 10.6. The van der Waals surface area contributed by atoms with E-state index in [0.29, 0.717) is 60.3 Å². The number of nitrogens with two attached hydrogens (primary N) is 1. The zero-order valence-corrected chi connectivity index (χ0v) is 24.7. The van der Waals surface area contributed by atoms with E-state index in [1.807, 2.05) is 50.2 Å². The van der Waals surface area contributed by atoms with Gasteiger partial charge in [-0.3, -0.25) is 14.4 Å². The summed E-state index contributed by atoms with van der Waals surface area (Å²) in [5, 5.41) is 6.08. The Bertz CT molecular complexity index is 1730. The minimum absolute atomic E-state index is 0.101. The number of nitrogen functional groups attached to an aromatic ring is 1. The highest BCUT2D eigenvalue weighted by atomic mass is 16.5. The number of amides is 2. The first-order chi connectivity index (χ1) is 20.6. The van der Waals surface area contributed by atoms with Crippen molar-refractivity contribution in [3.63, 3.8) is 0 Å². The first-order valence-electron chi connectivity index (χ1n) is 13.9. The molecule has 0 bridgehead atoms. The SMILES string of the molecule is Cc1c(NC(=O)c2ccc(N(C)C)cc2N)cccc1-c1cc(Nc2ccc(C(=O)N3CCOCC3)cn2)c(=O)n(C)c1. The van der Waals surface area contributed by atoms with Gasteiger partial charge in [-0.1, -0.05) is 12.1 Å². The molecule has 1 fully saturated rings.